The van der Waals surface area contributed by atoms with Crippen molar-refractivity contribution in [3.05, 3.63) is 0 Å². The molecule has 2 rings (SSSR count). The van der Waals surface area contributed by atoms with Crippen LogP contribution in [0.5, 0.6) is 0 Å². The minimum absolute atomic E-state index is 0.0951. The smallest absolute Gasteiger partial charge is 0.322 e. The van der Waals surface area contributed by atoms with Crippen molar-refractivity contribution < 1.29 is 9.53 Å². The predicted octanol–water partition coefficient (Wildman–Crippen LogP) is 1.93. The SMILES string of the molecule is CCCCC(NC1CCN2CCCC2C1)C(=O)OC. The first-order chi connectivity index (χ1) is 9.24. The highest BCUT2D eigenvalue weighted by molar-refractivity contribution is 5.75. The average molecular weight is 268 g/mol. The third-order valence-corrected chi connectivity index (χ3v) is 4.59. The molecule has 0 aromatic carbocycles. The standard InChI is InChI=1S/C15H28N2O2/c1-3-4-7-14(15(18)19-2)16-12-8-10-17-9-5-6-13(17)11-12/h12-14,16H,3-11H2,1-2H3. The molecule has 110 valence electrons. The molecule has 2 aliphatic heterocycles. The molecule has 2 aliphatic rings. The normalized spacial score (nSPS) is 28.9. The van der Waals surface area contributed by atoms with Gasteiger partial charge < -0.3 is 15.0 Å². The number of fused-ring (bicyclic) bond motifs is 1. The van der Waals surface area contributed by atoms with Crippen LogP contribution in [0.4, 0.5) is 0 Å². The molecule has 0 aliphatic carbocycles. The van der Waals surface area contributed by atoms with Gasteiger partial charge in [-0.2, -0.15) is 0 Å². The lowest BCUT2D eigenvalue weighted by molar-refractivity contribution is -0.143. The first kappa shape index (κ1) is 14.8. The Hall–Kier alpha value is -0.610. The molecule has 2 saturated heterocycles. The van der Waals surface area contributed by atoms with Crippen LogP contribution in [0.15, 0.2) is 0 Å². The van der Waals surface area contributed by atoms with E-state index in [0.29, 0.717) is 6.04 Å². The van der Waals surface area contributed by atoms with Gasteiger partial charge in [-0.1, -0.05) is 19.8 Å². The molecule has 0 radical (unpaired) electrons. The molecule has 3 atom stereocenters. The highest BCUT2D eigenvalue weighted by Gasteiger charge is 2.33. The van der Waals surface area contributed by atoms with E-state index < -0.39 is 0 Å². The van der Waals surface area contributed by atoms with Gasteiger partial charge in [0, 0.05) is 12.1 Å². The first-order valence-electron chi connectivity index (χ1n) is 7.82. The number of rotatable bonds is 6. The second kappa shape index (κ2) is 7.25. The quantitative estimate of drug-likeness (QED) is 0.748. The van der Waals surface area contributed by atoms with Crippen LogP contribution in [0.25, 0.3) is 0 Å². The highest BCUT2D eigenvalue weighted by atomic mass is 16.5. The molecule has 2 heterocycles. The van der Waals surface area contributed by atoms with E-state index in [0.717, 1.165) is 31.7 Å². The number of hydrogen-bond acceptors (Lipinski definition) is 4. The van der Waals surface area contributed by atoms with Gasteiger partial charge in [0.2, 0.25) is 0 Å². The fraction of sp³-hybridized carbons (Fsp3) is 0.933. The zero-order valence-corrected chi connectivity index (χ0v) is 12.4. The van der Waals surface area contributed by atoms with E-state index in [1.165, 1.54) is 39.5 Å². The second-order valence-electron chi connectivity index (χ2n) is 5.94. The largest absolute Gasteiger partial charge is 0.468 e. The maximum Gasteiger partial charge on any atom is 0.322 e. The van der Waals surface area contributed by atoms with E-state index in [9.17, 15) is 4.79 Å². The lowest BCUT2D eigenvalue weighted by Crippen LogP contribution is -2.50. The van der Waals surface area contributed by atoms with E-state index in [1.807, 2.05) is 0 Å². The predicted molar refractivity (Wildman–Crippen MR) is 76.1 cm³/mol. The molecule has 0 aromatic rings. The maximum absolute atomic E-state index is 11.8. The summed E-state index contributed by atoms with van der Waals surface area (Å²) in [5.74, 6) is -0.0951. The maximum atomic E-state index is 11.8. The van der Waals surface area contributed by atoms with Gasteiger partial charge in [-0.15, -0.1) is 0 Å². The Labute approximate surface area is 116 Å². The fourth-order valence-electron chi connectivity index (χ4n) is 3.48. The summed E-state index contributed by atoms with van der Waals surface area (Å²) in [5.41, 5.74) is 0. The topological polar surface area (TPSA) is 41.6 Å². The molecule has 4 nitrogen and oxygen atoms in total. The number of ether oxygens (including phenoxy) is 1. The minimum Gasteiger partial charge on any atom is -0.468 e. The fourth-order valence-corrected chi connectivity index (χ4v) is 3.48. The molecule has 19 heavy (non-hydrogen) atoms. The summed E-state index contributed by atoms with van der Waals surface area (Å²) in [5, 5.41) is 3.55. The number of hydrogen-bond donors (Lipinski definition) is 1. The van der Waals surface area contributed by atoms with E-state index >= 15 is 0 Å². The lowest BCUT2D eigenvalue weighted by atomic mass is 9.96. The van der Waals surface area contributed by atoms with Gasteiger partial charge in [-0.05, 0) is 45.2 Å². The van der Waals surface area contributed by atoms with Crippen molar-refractivity contribution >= 4 is 5.97 Å². The summed E-state index contributed by atoms with van der Waals surface area (Å²) >= 11 is 0. The number of carbonyl (C=O) groups excluding carboxylic acids is 1. The van der Waals surface area contributed by atoms with Crippen LogP contribution in [-0.2, 0) is 9.53 Å². The molecule has 4 heteroatoms. The first-order valence-corrected chi connectivity index (χ1v) is 7.82. The van der Waals surface area contributed by atoms with Crippen molar-refractivity contribution in [2.45, 2.75) is 70.0 Å². The van der Waals surface area contributed by atoms with Crippen LogP contribution < -0.4 is 5.32 Å². The molecular formula is C15H28N2O2. The van der Waals surface area contributed by atoms with Gasteiger partial charge in [0.1, 0.15) is 6.04 Å². The Morgan fingerprint density at radius 2 is 2.26 bits per heavy atom. The van der Waals surface area contributed by atoms with E-state index in [4.69, 9.17) is 4.74 Å². The number of unbranched alkanes of at least 4 members (excludes halogenated alkanes) is 1. The number of esters is 1. The van der Waals surface area contributed by atoms with E-state index in [2.05, 4.69) is 17.1 Å². The minimum atomic E-state index is -0.108. The summed E-state index contributed by atoms with van der Waals surface area (Å²) in [6.07, 6.45) is 8.12. The lowest BCUT2D eigenvalue weighted by Gasteiger charge is -2.36. The van der Waals surface area contributed by atoms with Crippen molar-refractivity contribution in [3.63, 3.8) is 0 Å². The second-order valence-corrected chi connectivity index (χ2v) is 5.94. The van der Waals surface area contributed by atoms with Crippen LogP contribution in [0.3, 0.4) is 0 Å². The van der Waals surface area contributed by atoms with Crippen LogP contribution in [0.1, 0.15) is 51.9 Å². The van der Waals surface area contributed by atoms with Crippen molar-refractivity contribution in [2.75, 3.05) is 20.2 Å². The summed E-state index contributed by atoms with van der Waals surface area (Å²) in [6, 6.07) is 1.12. The Kier molecular flexibility index (Phi) is 5.64. The van der Waals surface area contributed by atoms with Crippen molar-refractivity contribution in [3.8, 4) is 0 Å². The van der Waals surface area contributed by atoms with Crippen LogP contribution in [-0.4, -0.2) is 49.2 Å². The molecule has 0 saturated carbocycles. The number of nitrogens with zero attached hydrogens (tertiary/aromatic N) is 1. The van der Waals surface area contributed by atoms with E-state index in [1.54, 1.807) is 0 Å². The summed E-state index contributed by atoms with van der Waals surface area (Å²) in [6.45, 7) is 4.61. The van der Waals surface area contributed by atoms with Gasteiger partial charge >= 0.3 is 5.97 Å². The number of nitrogens with one attached hydrogen (secondary N) is 1. The third-order valence-electron chi connectivity index (χ3n) is 4.59. The number of methoxy groups -OCH3 is 1. The van der Waals surface area contributed by atoms with Crippen molar-refractivity contribution in [2.24, 2.45) is 0 Å². The Morgan fingerprint density at radius 3 is 3.00 bits per heavy atom. The van der Waals surface area contributed by atoms with Crippen molar-refractivity contribution in [1.29, 1.82) is 0 Å². The summed E-state index contributed by atoms with van der Waals surface area (Å²) in [7, 11) is 1.49. The van der Waals surface area contributed by atoms with Crippen LogP contribution >= 0.6 is 0 Å². The van der Waals surface area contributed by atoms with Crippen LogP contribution in [0.2, 0.25) is 0 Å². The van der Waals surface area contributed by atoms with Gasteiger partial charge in [0.15, 0.2) is 0 Å². The zero-order valence-electron chi connectivity index (χ0n) is 12.4. The van der Waals surface area contributed by atoms with Gasteiger partial charge in [-0.25, -0.2) is 0 Å². The molecule has 0 amide bonds. The molecule has 3 unspecified atom stereocenters. The molecule has 2 fully saturated rings. The monoisotopic (exact) mass is 268 g/mol. The van der Waals surface area contributed by atoms with Gasteiger partial charge in [0.05, 0.1) is 7.11 Å². The number of piperidine rings is 1. The van der Waals surface area contributed by atoms with Gasteiger partial charge in [-0.3, -0.25) is 4.79 Å². The average Bonchev–Trinajstić information content (AvgIpc) is 2.90. The van der Waals surface area contributed by atoms with Gasteiger partial charge in [0.25, 0.3) is 0 Å². The molecule has 1 N–H and O–H groups in total. The third kappa shape index (κ3) is 3.93. The molecule has 0 bridgehead atoms. The molecular weight excluding hydrogens is 240 g/mol. The molecule has 0 spiro atoms. The van der Waals surface area contributed by atoms with Crippen molar-refractivity contribution in [1.82, 2.24) is 10.2 Å². The molecule has 0 aromatic heterocycles. The number of carbonyl (C=O) groups is 1. The zero-order chi connectivity index (χ0) is 13.7. The van der Waals surface area contributed by atoms with E-state index in [-0.39, 0.29) is 12.0 Å². The summed E-state index contributed by atoms with van der Waals surface area (Å²) in [4.78, 5) is 14.4. The Balaban J connectivity index is 1.84. The summed E-state index contributed by atoms with van der Waals surface area (Å²) < 4.78 is 4.93. The highest BCUT2D eigenvalue weighted by Crippen LogP contribution is 2.27. The Morgan fingerprint density at radius 1 is 1.42 bits per heavy atom. The Bertz CT molecular complexity index is 296. The van der Waals surface area contributed by atoms with Crippen LogP contribution in [0, 0.1) is 0 Å².